The minimum atomic E-state index is -0.742. The van der Waals surface area contributed by atoms with Crippen molar-refractivity contribution in [3.05, 3.63) is 63.1 Å². The fourth-order valence-corrected chi connectivity index (χ4v) is 4.31. The van der Waals surface area contributed by atoms with Crippen LogP contribution in [0.2, 0.25) is 10.0 Å². The van der Waals surface area contributed by atoms with Crippen LogP contribution < -0.4 is 16.2 Å². The average molecular weight is 446 g/mol. The molecule has 0 spiro atoms. The number of nitrogens with one attached hydrogen (secondary N) is 1. The van der Waals surface area contributed by atoms with Gasteiger partial charge in [0.1, 0.15) is 6.04 Å². The van der Waals surface area contributed by atoms with E-state index in [1.165, 1.54) is 19.0 Å². The van der Waals surface area contributed by atoms with E-state index in [9.17, 15) is 9.59 Å². The largest absolute Gasteiger partial charge is 0.467 e. The minimum absolute atomic E-state index is 0.200. The zero-order valence-corrected chi connectivity index (χ0v) is 18.1. The quantitative estimate of drug-likeness (QED) is 0.427. The molecule has 6 nitrogen and oxygen atoms in total. The Morgan fingerprint density at radius 3 is 2.57 bits per heavy atom. The second kappa shape index (κ2) is 9.29. The maximum Gasteiger partial charge on any atom is 0.330 e. The van der Waals surface area contributed by atoms with Gasteiger partial charge >= 0.3 is 5.97 Å². The van der Waals surface area contributed by atoms with E-state index in [4.69, 9.17) is 33.7 Å². The molecule has 1 aliphatic rings. The highest BCUT2D eigenvalue weighted by Crippen LogP contribution is 2.46. The van der Waals surface area contributed by atoms with E-state index in [1.807, 2.05) is 24.3 Å². The first kappa shape index (κ1) is 21.8. The zero-order valence-electron chi connectivity index (χ0n) is 16.5. The van der Waals surface area contributed by atoms with Crippen LogP contribution in [0.3, 0.4) is 0 Å². The van der Waals surface area contributed by atoms with Crippen LogP contribution >= 0.6 is 23.2 Å². The molecule has 2 unspecified atom stereocenters. The third-order valence-corrected chi connectivity index (χ3v) is 5.51. The number of fused-ring (bicyclic) bond motifs is 1. The second-order valence-electron chi connectivity index (χ2n) is 6.93. The number of esters is 1. The molecule has 156 valence electrons. The highest BCUT2D eigenvalue weighted by atomic mass is 35.5. The molecule has 0 saturated carbocycles. The third kappa shape index (κ3) is 4.48. The van der Waals surface area contributed by atoms with Gasteiger partial charge in [0, 0.05) is 40.9 Å². The van der Waals surface area contributed by atoms with Crippen molar-refractivity contribution in [2.75, 3.05) is 12.1 Å². The Morgan fingerprint density at radius 2 is 1.97 bits per heavy atom. The Bertz CT molecular complexity index is 1030. The van der Waals surface area contributed by atoms with Crippen molar-refractivity contribution in [2.24, 2.45) is 5.73 Å². The molecule has 1 aliphatic heterocycles. The van der Waals surface area contributed by atoms with Gasteiger partial charge in [-0.1, -0.05) is 53.4 Å². The van der Waals surface area contributed by atoms with E-state index in [0.29, 0.717) is 28.6 Å². The molecule has 0 saturated heterocycles. The Morgan fingerprint density at radius 1 is 1.27 bits per heavy atom. The molecule has 0 radical (unpaired) electrons. The summed E-state index contributed by atoms with van der Waals surface area (Å²) >= 11 is 12.8. The van der Waals surface area contributed by atoms with Crippen LogP contribution in [0.15, 0.2) is 36.4 Å². The highest BCUT2D eigenvalue weighted by Gasteiger charge is 2.40. The van der Waals surface area contributed by atoms with Crippen LogP contribution in [0, 0.1) is 12.0 Å². The molecule has 8 heteroatoms. The Labute approximate surface area is 185 Å². The lowest BCUT2D eigenvalue weighted by molar-refractivity contribution is -0.142. The number of amides is 1. The molecule has 2 aromatic rings. The van der Waals surface area contributed by atoms with E-state index in [-0.39, 0.29) is 11.8 Å². The maximum atomic E-state index is 12.6. The lowest BCUT2D eigenvalue weighted by Crippen LogP contribution is -2.55. The smallest absolute Gasteiger partial charge is 0.330 e. The molecule has 30 heavy (non-hydrogen) atoms. The molecule has 2 atom stereocenters. The lowest BCUT2D eigenvalue weighted by Gasteiger charge is -2.41. The fourth-order valence-electron chi connectivity index (χ4n) is 3.70. The number of hydrogen-bond acceptors (Lipinski definition) is 5. The van der Waals surface area contributed by atoms with E-state index in [1.54, 1.807) is 12.1 Å². The van der Waals surface area contributed by atoms with Gasteiger partial charge < -0.3 is 10.5 Å². The SMILES string of the molecule is COC(=O)C1CC(c2ccc(CC#CN)cc2)c2c(Cl)cc(Cl)cc2N1NC(C)=O. The van der Waals surface area contributed by atoms with Gasteiger partial charge in [0.05, 0.1) is 12.8 Å². The third-order valence-electron chi connectivity index (χ3n) is 4.98. The van der Waals surface area contributed by atoms with Crippen LogP contribution in [-0.2, 0) is 20.7 Å². The van der Waals surface area contributed by atoms with Crippen molar-refractivity contribution in [3.8, 4) is 12.0 Å². The van der Waals surface area contributed by atoms with Crippen LogP contribution in [0.25, 0.3) is 0 Å². The summed E-state index contributed by atoms with van der Waals surface area (Å²) in [7, 11) is 1.32. The van der Waals surface area contributed by atoms with E-state index in [2.05, 4.69) is 17.4 Å². The fraction of sp³-hybridized carbons (Fsp3) is 0.273. The van der Waals surface area contributed by atoms with Crippen molar-refractivity contribution < 1.29 is 14.3 Å². The average Bonchev–Trinajstić information content (AvgIpc) is 2.72. The number of benzene rings is 2. The van der Waals surface area contributed by atoms with Crippen LogP contribution in [0.5, 0.6) is 0 Å². The number of hydrogen-bond donors (Lipinski definition) is 2. The zero-order chi connectivity index (χ0) is 21.8. The number of hydrazine groups is 1. The molecule has 3 rings (SSSR count). The number of halogens is 2. The number of nitrogens with zero attached hydrogens (tertiary/aromatic N) is 1. The van der Waals surface area contributed by atoms with Crippen LogP contribution in [-0.4, -0.2) is 25.0 Å². The van der Waals surface area contributed by atoms with Gasteiger partial charge in [-0.05, 0) is 29.7 Å². The van der Waals surface area contributed by atoms with E-state index in [0.717, 1.165) is 16.7 Å². The summed E-state index contributed by atoms with van der Waals surface area (Å²) in [6.45, 7) is 1.37. The molecule has 2 aromatic carbocycles. The summed E-state index contributed by atoms with van der Waals surface area (Å²) in [4.78, 5) is 24.4. The molecule has 1 amide bonds. The monoisotopic (exact) mass is 445 g/mol. The Kier molecular flexibility index (Phi) is 6.76. The summed E-state index contributed by atoms with van der Waals surface area (Å²) < 4.78 is 5.00. The van der Waals surface area contributed by atoms with Crippen LogP contribution in [0.4, 0.5) is 5.69 Å². The molecule has 0 bridgehead atoms. The molecular formula is C22H21Cl2N3O3. The first-order chi connectivity index (χ1) is 14.3. The topological polar surface area (TPSA) is 84.7 Å². The molecule has 1 heterocycles. The molecular weight excluding hydrogens is 425 g/mol. The molecule has 0 aliphatic carbocycles. The standard InChI is InChI=1S/C22H21Cl2N3O3/c1-13(28)26-27-19-11-16(23)10-18(24)21(19)17(12-20(27)22(29)30-2)15-7-5-14(6-8-15)4-3-9-25/h5-8,10-11,17,20H,4,12,25H2,1-2H3,(H,26,28). The number of ether oxygens (including phenoxy) is 1. The van der Waals surface area contributed by atoms with Crippen molar-refractivity contribution in [1.82, 2.24) is 5.43 Å². The first-order valence-corrected chi connectivity index (χ1v) is 10.0. The van der Waals surface area contributed by atoms with Crippen molar-refractivity contribution in [1.29, 1.82) is 0 Å². The summed E-state index contributed by atoms with van der Waals surface area (Å²) in [6.07, 6.45) is 0.915. The van der Waals surface area contributed by atoms with Gasteiger partial charge in [-0.2, -0.15) is 0 Å². The van der Waals surface area contributed by atoms with Gasteiger partial charge in [0.15, 0.2) is 0 Å². The van der Waals surface area contributed by atoms with Gasteiger partial charge in [-0.3, -0.25) is 15.2 Å². The van der Waals surface area contributed by atoms with Crippen molar-refractivity contribution in [2.45, 2.75) is 31.7 Å². The van der Waals surface area contributed by atoms with E-state index < -0.39 is 12.0 Å². The highest BCUT2D eigenvalue weighted by molar-refractivity contribution is 6.35. The number of anilines is 1. The number of carbonyl (C=O) groups excluding carboxylic acids is 2. The second-order valence-corrected chi connectivity index (χ2v) is 7.77. The minimum Gasteiger partial charge on any atom is -0.467 e. The predicted molar refractivity (Wildman–Crippen MR) is 117 cm³/mol. The summed E-state index contributed by atoms with van der Waals surface area (Å²) in [5.41, 5.74) is 11.3. The Hall–Kier alpha value is -2.88. The number of nitrogens with two attached hydrogens (primary N) is 1. The maximum absolute atomic E-state index is 12.6. The summed E-state index contributed by atoms with van der Waals surface area (Å²) in [6, 6.07) is 12.9. The number of rotatable bonds is 4. The van der Waals surface area contributed by atoms with Crippen molar-refractivity contribution >= 4 is 40.8 Å². The van der Waals surface area contributed by atoms with Crippen molar-refractivity contribution in [3.63, 3.8) is 0 Å². The first-order valence-electron chi connectivity index (χ1n) is 9.26. The predicted octanol–water partition coefficient (Wildman–Crippen LogP) is 3.39. The number of methoxy groups -OCH3 is 1. The van der Waals surface area contributed by atoms with Gasteiger partial charge in [-0.25, -0.2) is 4.79 Å². The lowest BCUT2D eigenvalue weighted by atomic mass is 9.81. The van der Waals surface area contributed by atoms with Gasteiger partial charge in [0.2, 0.25) is 5.91 Å². The Balaban J connectivity index is 2.12. The van der Waals surface area contributed by atoms with Gasteiger partial charge in [0.25, 0.3) is 0 Å². The summed E-state index contributed by atoms with van der Waals surface area (Å²) in [5, 5.41) is 2.34. The van der Waals surface area contributed by atoms with E-state index >= 15 is 0 Å². The molecule has 0 fully saturated rings. The molecule has 3 N–H and O–H groups in total. The molecule has 0 aromatic heterocycles. The summed E-state index contributed by atoms with van der Waals surface area (Å²) in [5.74, 6) is 1.84. The van der Waals surface area contributed by atoms with Gasteiger partial charge in [-0.15, -0.1) is 0 Å². The normalized spacial score (nSPS) is 17.4. The van der Waals surface area contributed by atoms with Crippen LogP contribution in [0.1, 0.15) is 36.0 Å². The number of carbonyl (C=O) groups is 2.